The van der Waals surface area contributed by atoms with Crippen molar-refractivity contribution < 1.29 is 19.7 Å². The summed E-state index contributed by atoms with van der Waals surface area (Å²) in [6.07, 6.45) is 3.67. The molecular weight excluding hydrogens is 374 g/mol. The number of nitrogens with one attached hydrogen (secondary N) is 1. The quantitative estimate of drug-likeness (QED) is 0.526. The molecule has 0 saturated heterocycles. The van der Waals surface area contributed by atoms with Gasteiger partial charge in [-0.25, -0.2) is 4.98 Å². The van der Waals surface area contributed by atoms with Crippen LogP contribution < -0.4 is 5.56 Å². The molecule has 2 aromatic heterocycles. The zero-order valence-electron chi connectivity index (χ0n) is 16.3. The number of hydrogen-bond donors (Lipinski definition) is 3. The lowest BCUT2D eigenvalue weighted by Gasteiger charge is -2.20. The van der Waals surface area contributed by atoms with Crippen molar-refractivity contribution in [3.63, 3.8) is 0 Å². The summed E-state index contributed by atoms with van der Waals surface area (Å²) in [5.74, 6) is -1.48. The summed E-state index contributed by atoms with van der Waals surface area (Å²) in [5.41, 5.74) is 1.72. The second-order valence-electron chi connectivity index (χ2n) is 6.80. The van der Waals surface area contributed by atoms with Gasteiger partial charge in [0.1, 0.15) is 11.5 Å². The number of esters is 1. The van der Waals surface area contributed by atoms with Gasteiger partial charge in [0.15, 0.2) is 0 Å². The molecule has 8 heteroatoms. The second kappa shape index (κ2) is 8.64. The monoisotopic (exact) mass is 397 g/mol. The molecular formula is C21H23N3O5. The minimum absolute atomic E-state index is 0.00328. The van der Waals surface area contributed by atoms with E-state index in [0.29, 0.717) is 24.2 Å². The van der Waals surface area contributed by atoms with E-state index >= 15 is 0 Å². The summed E-state index contributed by atoms with van der Waals surface area (Å²) in [5, 5.41) is 20.4. The molecule has 29 heavy (non-hydrogen) atoms. The molecule has 0 spiro atoms. The van der Waals surface area contributed by atoms with E-state index in [1.807, 2.05) is 0 Å². The minimum atomic E-state index is -0.763. The van der Waals surface area contributed by atoms with Gasteiger partial charge in [-0.2, -0.15) is 0 Å². The number of imidazole rings is 1. The number of benzene rings is 1. The first-order chi connectivity index (χ1) is 13.9. The molecule has 0 unspecified atom stereocenters. The van der Waals surface area contributed by atoms with Crippen LogP contribution in [0.4, 0.5) is 0 Å². The molecule has 0 radical (unpaired) electrons. The fraction of sp³-hybridized carbons (Fsp3) is 0.286. The fourth-order valence-corrected chi connectivity index (χ4v) is 3.41. The lowest BCUT2D eigenvalue weighted by molar-refractivity contribution is -0.140. The van der Waals surface area contributed by atoms with E-state index in [9.17, 15) is 19.8 Å². The SMILES string of the molecule is COC(=O)C[C@@H](c1cccc(O)c1)c1c(O)cc(C)n(CCc2cnc[nH]2)c1=O. The predicted molar refractivity (Wildman–Crippen MR) is 106 cm³/mol. The van der Waals surface area contributed by atoms with Gasteiger partial charge in [0.25, 0.3) is 5.56 Å². The number of phenols is 1. The Morgan fingerprint density at radius 1 is 1.31 bits per heavy atom. The van der Waals surface area contributed by atoms with Crippen molar-refractivity contribution in [2.24, 2.45) is 0 Å². The van der Waals surface area contributed by atoms with Gasteiger partial charge in [-0.3, -0.25) is 9.59 Å². The molecule has 0 aliphatic heterocycles. The zero-order valence-corrected chi connectivity index (χ0v) is 16.3. The number of nitrogens with zero attached hydrogens (tertiary/aromatic N) is 2. The predicted octanol–water partition coefficient (Wildman–Crippen LogP) is 2.23. The number of carbonyl (C=O) groups excluding carboxylic acids is 1. The van der Waals surface area contributed by atoms with Gasteiger partial charge in [-0.05, 0) is 30.7 Å². The van der Waals surface area contributed by atoms with E-state index in [2.05, 4.69) is 9.97 Å². The van der Waals surface area contributed by atoms with Crippen molar-refractivity contribution >= 4 is 5.97 Å². The third-order valence-electron chi connectivity index (χ3n) is 4.90. The van der Waals surface area contributed by atoms with Crippen LogP contribution in [0, 0.1) is 6.92 Å². The maximum absolute atomic E-state index is 13.3. The summed E-state index contributed by atoms with van der Waals surface area (Å²) in [7, 11) is 1.26. The highest BCUT2D eigenvalue weighted by molar-refractivity contribution is 5.71. The first-order valence-corrected chi connectivity index (χ1v) is 9.17. The highest BCUT2D eigenvalue weighted by Gasteiger charge is 2.26. The Kier molecular flexibility index (Phi) is 6.01. The summed E-state index contributed by atoms with van der Waals surface area (Å²) in [4.78, 5) is 32.3. The molecule has 0 fully saturated rings. The highest BCUT2D eigenvalue weighted by Crippen LogP contribution is 2.33. The Morgan fingerprint density at radius 2 is 2.10 bits per heavy atom. The van der Waals surface area contributed by atoms with Crippen LogP contribution in [0.5, 0.6) is 11.5 Å². The fourth-order valence-electron chi connectivity index (χ4n) is 3.41. The van der Waals surface area contributed by atoms with Crippen molar-refractivity contribution in [1.82, 2.24) is 14.5 Å². The number of rotatable bonds is 7. The van der Waals surface area contributed by atoms with Crippen LogP contribution in [0.3, 0.4) is 0 Å². The van der Waals surface area contributed by atoms with Crippen LogP contribution in [-0.4, -0.2) is 37.8 Å². The van der Waals surface area contributed by atoms with E-state index in [4.69, 9.17) is 4.74 Å². The normalized spacial score (nSPS) is 11.9. The molecule has 3 rings (SSSR count). The molecule has 152 valence electrons. The second-order valence-corrected chi connectivity index (χ2v) is 6.80. The van der Waals surface area contributed by atoms with Crippen molar-refractivity contribution in [2.45, 2.75) is 32.2 Å². The van der Waals surface area contributed by atoms with E-state index < -0.39 is 11.9 Å². The van der Waals surface area contributed by atoms with Crippen LogP contribution in [0.1, 0.15) is 34.9 Å². The van der Waals surface area contributed by atoms with E-state index in [1.54, 1.807) is 36.1 Å². The average molecular weight is 397 g/mol. The van der Waals surface area contributed by atoms with E-state index in [-0.39, 0.29) is 29.0 Å². The maximum atomic E-state index is 13.3. The molecule has 0 bridgehead atoms. The van der Waals surface area contributed by atoms with Crippen molar-refractivity contribution in [1.29, 1.82) is 0 Å². The number of phenolic OH excluding ortho intramolecular Hbond substituents is 1. The number of pyridine rings is 1. The molecule has 2 heterocycles. The van der Waals surface area contributed by atoms with Gasteiger partial charge in [0.05, 0.1) is 25.4 Å². The first-order valence-electron chi connectivity index (χ1n) is 9.17. The number of aromatic amines is 1. The summed E-state index contributed by atoms with van der Waals surface area (Å²) in [6, 6.07) is 7.80. The maximum Gasteiger partial charge on any atom is 0.306 e. The van der Waals surface area contributed by atoms with E-state index in [0.717, 1.165) is 5.69 Å². The lowest BCUT2D eigenvalue weighted by atomic mass is 9.88. The van der Waals surface area contributed by atoms with Crippen LogP contribution in [0.2, 0.25) is 0 Å². The molecule has 1 atom stereocenters. The largest absolute Gasteiger partial charge is 0.508 e. The number of aromatic nitrogens is 3. The Morgan fingerprint density at radius 3 is 2.76 bits per heavy atom. The topological polar surface area (TPSA) is 117 Å². The molecule has 0 aliphatic rings. The van der Waals surface area contributed by atoms with Crippen LogP contribution in [-0.2, 0) is 22.5 Å². The number of ether oxygens (including phenoxy) is 1. The molecule has 0 saturated carbocycles. The third-order valence-corrected chi connectivity index (χ3v) is 4.90. The number of methoxy groups -OCH3 is 1. The van der Waals surface area contributed by atoms with Crippen LogP contribution >= 0.6 is 0 Å². The molecule has 8 nitrogen and oxygen atoms in total. The van der Waals surface area contributed by atoms with Gasteiger partial charge in [-0.1, -0.05) is 12.1 Å². The number of aromatic hydroxyl groups is 2. The van der Waals surface area contributed by atoms with Crippen molar-refractivity contribution in [2.75, 3.05) is 7.11 Å². The van der Waals surface area contributed by atoms with Crippen molar-refractivity contribution in [3.8, 4) is 11.5 Å². The zero-order chi connectivity index (χ0) is 21.0. The molecule has 0 amide bonds. The summed E-state index contributed by atoms with van der Waals surface area (Å²) >= 11 is 0. The third kappa shape index (κ3) is 4.48. The van der Waals surface area contributed by atoms with E-state index in [1.165, 1.54) is 25.3 Å². The number of H-pyrrole nitrogens is 1. The minimum Gasteiger partial charge on any atom is -0.508 e. The first kappa shape index (κ1) is 20.2. The number of hydrogen-bond acceptors (Lipinski definition) is 6. The number of aryl methyl sites for hydroxylation is 2. The van der Waals surface area contributed by atoms with Crippen LogP contribution in [0.15, 0.2) is 47.7 Å². The number of carbonyl (C=O) groups is 1. The molecule has 1 aromatic carbocycles. The summed E-state index contributed by atoms with van der Waals surface area (Å²) < 4.78 is 6.34. The van der Waals surface area contributed by atoms with Gasteiger partial charge in [0, 0.05) is 36.5 Å². The molecule has 3 aromatic rings. The molecule has 3 N–H and O–H groups in total. The Labute approximate surface area is 167 Å². The Bertz CT molecular complexity index is 1060. The Balaban J connectivity index is 2.07. The smallest absolute Gasteiger partial charge is 0.306 e. The van der Waals surface area contributed by atoms with Gasteiger partial charge in [-0.15, -0.1) is 0 Å². The van der Waals surface area contributed by atoms with Gasteiger partial charge in [0.2, 0.25) is 0 Å². The molecule has 0 aliphatic carbocycles. The van der Waals surface area contributed by atoms with Gasteiger partial charge >= 0.3 is 5.97 Å². The standard InChI is InChI=1S/C21H23N3O5/c1-13-8-18(26)20(21(28)24(13)7-6-15-11-22-12-23-15)17(10-19(27)29-2)14-4-3-5-16(25)9-14/h3-5,8-9,11-12,17,25-26H,6-7,10H2,1-2H3,(H,22,23)/t17-/m0/s1. The van der Waals surface area contributed by atoms with Crippen LogP contribution in [0.25, 0.3) is 0 Å². The van der Waals surface area contributed by atoms with Crippen molar-refractivity contribution in [3.05, 3.63) is 75.7 Å². The summed E-state index contributed by atoms with van der Waals surface area (Å²) in [6.45, 7) is 2.12. The lowest BCUT2D eigenvalue weighted by Crippen LogP contribution is -2.29. The Hall–Kier alpha value is -3.55. The average Bonchev–Trinajstić information content (AvgIpc) is 3.20. The highest BCUT2D eigenvalue weighted by atomic mass is 16.5. The van der Waals surface area contributed by atoms with Gasteiger partial charge < -0.3 is 24.5 Å².